The normalized spacial score (nSPS) is 10.0. The van der Waals surface area contributed by atoms with Crippen molar-refractivity contribution in [2.24, 2.45) is 0 Å². The second-order valence-electron chi connectivity index (χ2n) is 3.44. The van der Waals surface area contributed by atoms with Crippen LogP contribution in [-0.4, -0.2) is 12.1 Å². The van der Waals surface area contributed by atoms with Crippen molar-refractivity contribution in [3.8, 4) is 5.75 Å². The molecule has 0 aliphatic heterocycles. The minimum atomic E-state index is -0.279. The summed E-state index contributed by atoms with van der Waals surface area (Å²) in [5.41, 5.74) is 6.86. The molecule has 0 saturated carbocycles. The van der Waals surface area contributed by atoms with Gasteiger partial charge in [0.25, 0.3) is 0 Å². The van der Waals surface area contributed by atoms with E-state index >= 15 is 0 Å². The lowest BCUT2D eigenvalue weighted by molar-refractivity contribution is 0.417. The number of benzene rings is 1. The van der Waals surface area contributed by atoms with Crippen LogP contribution in [0.3, 0.4) is 0 Å². The molecule has 88 valence electrons. The minimum Gasteiger partial charge on any atom is -0.494 e. The molecule has 0 fully saturated rings. The van der Waals surface area contributed by atoms with Crippen LogP contribution in [0.25, 0.3) is 0 Å². The van der Waals surface area contributed by atoms with Gasteiger partial charge in [0.2, 0.25) is 0 Å². The third-order valence-corrected chi connectivity index (χ3v) is 2.23. The number of methoxy groups -OCH3 is 1. The SMILES string of the molecule is COc1cc(Nc2ccc(F)cc2)ncc1N. The first-order chi connectivity index (χ1) is 8.19. The highest BCUT2D eigenvalue weighted by atomic mass is 19.1. The number of hydrogen-bond acceptors (Lipinski definition) is 4. The number of ether oxygens (including phenoxy) is 1. The molecular weight excluding hydrogens is 221 g/mol. The van der Waals surface area contributed by atoms with E-state index in [-0.39, 0.29) is 5.82 Å². The van der Waals surface area contributed by atoms with Gasteiger partial charge in [-0.3, -0.25) is 0 Å². The Kier molecular flexibility index (Phi) is 3.09. The highest BCUT2D eigenvalue weighted by molar-refractivity contribution is 5.62. The molecule has 0 bridgehead atoms. The summed E-state index contributed by atoms with van der Waals surface area (Å²) in [7, 11) is 1.54. The van der Waals surface area contributed by atoms with Crippen molar-refractivity contribution in [3.05, 3.63) is 42.3 Å². The molecule has 0 aliphatic carbocycles. The van der Waals surface area contributed by atoms with Gasteiger partial charge in [-0.05, 0) is 24.3 Å². The smallest absolute Gasteiger partial charge is 0.147 e. The Morgan fingerprint density at radius 1 is 1.29 bits per heavy atom. The van der Waals surface area contributed by atoms with Gasteiger partial charge < -0.3 is 15.8 Å². The summed E-state index contributed by atoms with van der Waals surface area (Å²) >= 11 is 0. The van der Waals surface area contributed by atoms with Crippen LogP contribution in [-0.2, 0) is 0 Å². The molecule has 1 aromatic heterocycles. The number of anilines is 3. The van der Waals surface area contributed by atoms with Gasteiger partial charge >= 0.3 is 0 Å². The van der Waals surface area contributed by atoms with Crippen LogP contribution in [0, 0.1) is 5.82 Å². The first-order valence-corrected chi connectivity index (χ1v) is 5.01. The van der Waals surface area contributed by atoms with Crippen molar-refractivity contribution in [1.82, 2.24) is 4.98 Å². The topological polar surface area (TPSA) is 60.2 Å². The van der Waals surface area contributed by atoms with Crippen LogP contribution in [0.15, 0.2) is 36.5 Å². The maximum atomic E-state index is 12.7. The number of rotatable bonds is 3. The summed E-state index contributed by atoms with van der Waals surface area (Å²) in [4.78, 5) is 4.09. The van der Waals surface area contributed by atoms with Gasteiger partial charge in [0.1, 0.15) is 17.4 Å². The number of hydrogen-bond donors (Lipinski definition) is 2. The molecule has 0 aliphatic rings. The molecule has 2 rings (SSSR count). The molecule has 0 unspecified atom stereocenters. The molecule has 2 aromatic rings. The predicted octanol–water partition coefficient (Wildman–Crippen LogP) is 2.56. The van der Waals surface area contributed by atoms with E-state index in [1.165, 1.54) is 25.4 Å². The molecule has 0 amide bonds. The summed E-state index contributed by atoms with van der Waals surface area (Å²) < 4.78 is 17.8. The van der Waals surface area contributed by atoms with Crippen LogP contribution in [0.2, 0.25) is 0 Å². The van der Waals surface area contributed by atoms with Crippen LogP contribution in [0.4, 0.5) is 21.6 Å². The zero-order chi connectivity index (χ0) is 12.3. The first-order valence-electron chi connectivity index (χ1n) is 5.01. The molecule has 17 heavy (non-hydrogen) atoms. The molecule has 3 N–H and O–H groups in total. The van der Waals surface area contributed by atoms with Gasteiger partial charge in [-0.15, -0.1) is 0 Å². The number of pyridine rings is 1. The fourth-order valence-corrected chi connectivity index (χ4v) is 1.37. The lowest BCUT2D eigenvalue weighted by Crippen LogP contribution is -1.98. The number of nitrogens with zero attached hydrogens (tertiary/aromatic N) is 1. The minimum absolute atomic E-state index is 0.279. The average molecular weight is 233 g/mol. The number of aromatic nitrogens is 1. The molecule has 0 saturated heterocycles. The number of nitrogen functional groups attached to an aromatic ring is 1. The van der Waals surface area contributed by atoms with E-state index in [9.17, 15) is 4.39 Å². The molecular formula is C12H12FN3O. The van der Waals surface area contributed by atoms with Gasteiger partial charge in [0.15, 0.2) is 0 Å². The molecule has 4 nitrogen and oxygen atoms in total. The highest BCUT2D eigenvalue weighted by Gasteiger charge is 2.02. The summed E-state index contributed by atoms with van der Waals surface area (Å²) in [6.07, 6.45) is 1.50. The molecule has 1 heterocycles. The molecule has 0 radical (unpaired) electrons. The van der Waals surface area contributed by atoms with Crippen molar-refractivity contribution in [3.63, 3.8) is 0 Å². The Balaban J connectivity index is 2.21. The van der Waals surface area contributed by atoms with Crippen molar-refractivity contribution < 1.29 is 9.13 Å². The lowest BCUT2D eigenvalue weighted by atomic mass is 10.3. The summed E-state index contributed by atoms with van der Waals surface area (Å²) in [5.74, 6) is 0.852. The quantitative estimate of drug-likeness (QED) is 0.855. The van der Waals surface area contributed by atoms with Crippen molar-refractivity contribution in [1.29, 1.82) is 0 Å². The van der Waals surface area contributed by atoms with E-state index in [1.807, 2.05) is 0 Å². The number of halogens is 1. The third-order valence-electron chi connectivity index (χ3n) is 2.23. The second kappa shape index (κ2) is 4.69. The van der Waals surface area contributed by atoms with Crippen molar-refractivity contribution in [2.45, 2.75) is 0 Å². The van der Waals surface area contributed by atoms with Crippen LogP contribution >= 0.6 is 0 Å². The molecule has 5 heteroatoms. The van der Waals surface area contributed by atoms with Crippen LogP contribution < -0.4 is 15.8 Å². The fourth-order valence-electron chi connectivity index (χ4n) is 1.37. The zero-order valence-electron chi connectivity index (χ0n) is 9.27. The summed E-state index contributed by atoms with van der Waals surface area (Å²) in [6, 6.07) is 7.67. The Labute approximate surface area is 98.2 Å². The molecule has 1 aromatic carbocycles. The van der Waals surface area contributed by atoms with Gasteiger partial charge in [-0.1, -0.05) is 0 Å². The monoisotopic (exact) mass is 233 g/mol. The molecule has 0 atom stereocenters. The Hall–Kier alpha value is -2.30. The third kappa shape index (κ3) is 2.63. The Morgan fingerprint density at radius 3 is 2.65 bits per heavy atom. The Morgan fingerprint density at radius 2 is 2.00 bits per heavy atom. The lowest BCUT2D eigenvalue weighted by Gasteiger charge is -2.08. The average Bonchev–Trinajstić information content (AvgIpc) is 2.34. The Bertz CT molecular complexity index is 514. The van der Waals surface area contributed by atoms with E-state index in [0.717, 1.165) is 5.69 Å². The maximum absolute atomic E-state index is 12.7. The van der Waals surface area contributed by atoms with Crippen LogP contribution in [0.1, 0.15) is 0 Å². The van der Waals surface area contributed by atoms with E-state index in [1.54, 1.807) is 18.2 Å². The largest absolute Gasteiger partial charge is 0.494 e. The van der Waals surface area contributed by atoms with Gasteiger partial charge in [-0.2, -0.15) is 0 Å². The van der Waals surface area contributed by atoms with E-state index < -0.39 is 0 Å². The maximum Gasteiger partial charge on any atom is 0.147 e. The standard InChI is InChI=1S/C12H12FN3O/c1-17-11-6-12(15-7-10(11)14)16-9-4-2-8(13)3-5-9/h2-7H,14H2,1H3,(H,15,16). The number of nitrogens with one attached hydrogen (secondary N) is 1. The fraction of sp³-hybridized carbons (Fsp3) is 0.0833. The summed E-state index contributed by atoms with van der Waals surface area (Å²) in [5, 5.41) is 3.02. The predicted molar refractivity (Wildman–Crippen MR) is 64.9 cm³/mol. The molecule has 0 spiro atoms. The second-order valence-corrected chi connectivity index (χ2v) is 3.44. The van der Waals surface area contributed by atoms with Crippen LogP contribution in [0.5, 0.6) is 5.75 Å². The number of nitrogens with two attached hydrogens (primary N) is 1. The van der Waals surface area contributed by atoms with E-state index in [2.05, 4.69) is 10.3 Å². The summed E-state index contributed by atoms with van der Waals surface area (Å²) in [6.45, 7) is 0. The van der Waals surface area contributed by atoms with Gasteiger partial charge in [0.05, 0.1) is 19.0 Å². The first kappa shape index (κ1) is 11.2. The van der Waals surface area contributed by atoms with E-state index in [0.29, 0.717) is 17.3 Å². The van der Waals surface area contributed by atoms with Gasteiger partial charge in [-0.25, -0.2) is 9.37 Å². The zero-order valence-corrected chi connectivity index (χ0v) is 9.27. The van der Waals surface area contributed by atoms with Crippen molar-refractivity contribution in [2.75, 3.05) is 18.2 Å². The van der Waals surface area contributed by atoms with Gasteiger partial charge in [0, 0.05) is 11.8 Å². The van der Waals surface area contributed by atoms with E-state index in [4.69, 9.17) is 10.5 Å². The highest BCUT2D eigenvalue weighted by Crippen LogP contribution is 2.24. The van der Waals surface area contributed by atoms with Crippen molar-refractivity contribution >= 4 is 17.2 Å².